The monoisotopic (exact) mass is 361 g/mol. The zero-order valence-electron chi connectivity index (χ0n) is 15.8. The van der Waals surface area contributed by atoms with Crippen LogP contribution in [0.3, 0.4) is 0 Å². The summed E-state index contributed by atoms with van der Waals surface area (Å²) in [7, 11) is 1.28. The number of aryl methyl sites for hydroxylation is 1. The van der Waals surface area contributed by atoms with Gasteiger partial charge in [-0.2, -0.15) is 0 Å². The summed E-state index contributed by atoms with van der Waals surface area (Å²) in [5, 5.41) is 5.71. The van der Waals surface area contributed by atoms with Crippen LogP contribution in [0.25, 0.3) is 0 Å². The smallest absolute Gasteiger partial charge is 0.307 e. The molecule has 26 heavy (non-hydrogen) atoms. The Morgan fingerprint density at radius 1 is 1.38 bits per heavy atom. The van der Waals surface area contributed by atoms with Crippen molar-refractivity contribution in [3.63, 3.8) is 0 Å². The number of carbonyl (C=O) groups is 3. The summed E-state index contributed by atoms with van der Waals surface area (Å²) in [5.41, 5.74) is 2.88. The molecule has 2 rings (SSSR count). The number of nitrogens with zero attached hydrogens (tertiary/aromatic N) is 1. The molecular formula is C19H27N3O4. The Kier molecular flexibility index (Phi) is 6.74. The molecule has 1 fully saturated rings. The van der Waals surface area contributed by atoms with Gasteiger partial charge in [-0.15, -0.1) is 0 Å². The van der Waals surface area contributed by atoms with E-state index >= 15 is 0 Å². The summed E-state index contributed by atoms with van der Waals surface area (Å²) in [5.74, 6) is -0.657. The first-order valence-corrected chi connectivity index (χ1v) is 8.81. The summed E-state index contributed by atoms with van der Waals surface area (Å²) in [4.78, 5) is 38.0. The second-order valence-corrected chi connectivity index (χ2v) is 6.80. The Morgan fingerprint density at radius 2 is 2.12 bits per heavy atom. The number of esters is 1. The number of ether oxygens (including phenoxy) is 1. The Balaban J connectivity index is 2.11. The molecule has 0 unspecified atom stereocenters. The molecule has 1 aliphatic rings. The minimum Gasteiger partial charge on any atom is -0.469 e. The predicted octanol–water partition coefficient (Wildman–Crippen LogP) is 1.42. The Bertz CT molecular complexity index is 687. The maximum atomic E-state index is 12.6. The maximum absolute atomic E-state index is 12.6. The van der Waals surface area contributed by atoms with Gasteiger partial charge in [0.15, 0.2) is 0 Å². The first-order valence-electron chi connectivity index (χ1n) is 8.81. The van der Waals surface area contributed by atoms with E-state index in [1.54, 1.807) is 4.90 Å². The lowest BCUT2D eigenvalue weighted by Gasteiger charge is -2.33. The quantitative estimate of drug-likeness (QED) is 0.748. The lowest BCUT2D eigenvalue weighted by atomic mass is 9.98. The van der Waals surface area contributed by atoms with E-state index in [0.717, 1.165) is 16.8 Å². The van der Waals surface area contributed by atoms with Crippen molar-refractivity contribution in [2.45, 2.75) is 39.2 Å². The largest absolute Gasteiger partial charge is 0.469 e. The first-order chi connectivity index (χ1) is 12.3. The van der Waals surface area contributed by atoms with Crippen molar-refractivity contribution in [2.24, 2.45) is 0 Å². The number of nitrogens with one attached hydrogen (secondary N) is 2. The summed E-state index contributed by atoms with van der Waals surface area (Å²) in [6.45, 7) is 7.10. The molecule has 2 amide bonds. The Morgan fingerprint density at radius 3 is 2.77 bits per heavy atom. The standard InChI is InChI=1S/C19H27N3O4/c1-12(2)14-7-5-6-13(3)18(14)21-16(23)11-22-9-8-20-19(25)15(22)10-17(24)26-4/h5-7,12,15H,8-11H2,1-4H3,(H,20,25)(H,21,23)/t15-/m0/s1. The average Bonchev–Trinajstić information content (AvgIpc) is 2.59. The summed E-state index contributed by atoms with van der Waals surface area (Å²) in [6, 6.07) is 5.24. The molecule has 2 N–H and O–H groups in total. The van der Waals surface area contributed by atoms with Gasteiger partial charge in [-0.25, -0.2) is 0 Å². The van der Waals surface area contributed by atoms with Crippen LogP contribution >= 0.6 is 0 Å². The number of benzene rings is 1. The lowest BCUT2D eigenvalue weighted by molar-refractivity contribution is -0.146. The van der Waals surface area contributed by atoms with Crippen molar-refractivity contribution in [3.05, 3.63) is 29.3 Å². The van der Waals surface area contributed by atoms with Crippen molar-refractivity contribution < 1.29 is 19.1 Å². The molecule has 1 aromatic rings. The number of amides is 2. The highest BCUT2D eigenvalue weighted by atomic mass is 16.5. The molecule has 1 saturated heterocycles. The molecule has 7 heteroatoms. The molecule has 0 radical (unpaired) electrons. The minimum atomic E-state index is -0.691. The van der Waals surface area contributed by atoms with Gasteiger partial charge in [0.2, 0.25) is 11.8 Å². The van der Waals surface area contributed by atoms with Crippen LogP contribution in [0.4, 0.5) is 5.69 Å². The van der Waals surface area contributed by atoms with Crippen LogP contribution in [0.15, 0.2) is 18.2 Å². The normalized spacial score (nSPS) is 17.7. The van der Waals surface area contributed by atoms with Crippen molar-refractivity contribution >= 4 is 23.5 Å². The summed E-state index contributed by atoms with van der Waals surface area (Å²) >= 11 is 0. The molecule has 0 aliphatic carbocycles. The van der Waals surface area contributed by atoms with Crippen molar-refractivity contribution in [2.75, 3.05) is 32.1 Å². The van der Waals surface area contributed by atoms with Gasteiger partial charge in [0.25, 0.3) is 0 Å². The van der Waals surface area contributed by atoms with E-state index in [1.165, 1.54) is 7.11 Å². The third-order valence-corrected chi connectivity index (χ3v) is 4.57. The molecule has 1 aromatic carbocycles. The van der Waals surface area contributed by atoms with Gasteiger partial charge in [0.05, 0.1) is 20.1 Å². The number of hydrogen-bond acceptors (Lipinski definition) is 5. The maximum Gasteiger partial charge on any atom is 0.307 e. The molecule has 1 aliphatic heterocycles. The SMILES string of the molecule is COC(=O)C[C@H]1C(=O)NCCN1CC(=O)Nc1c(C)cccc1C(C)C. The van der Waals surface area contributed by atoms with E-state index in [2.05, 4.69) is 29.2 Å². The van der Waals surface area contributed by atoms with Gasteiger partial charge in [-0.3, -0.25) is 19.3 Å². The Hall–Kier alpha value is -2.41. The van der Waals surface area contributed by atoms with E-state index in [1.807, 2.05) is 25.1 Å². The molecule has 1 atom stereocenters. The van der Waals surface area contributed by atoms with Gasteiger partial charge in [-0.05, 0) is 24.0 Å². The van der Waals surface area contributed by atoms with Crippen LogP contribution in [0, 0.1) is 6.92 Å². The van der Waals surface area contributed by atoms with Crippen LogP contribution in [0.2, 0.25) is 0 Å². The lowest BCUT2D eigenvalue weighted by Crippen LogP contribution is -2.57. The van der Waals surface area contributed by atoms with E-state index < -0.39 is 12.0 Å². The van der Waals surface area contributed by atoms with Gasteiger partial charge in [0, 0.05) is 18.8 Å². The molecule has 0 bridgehead atoms. The van der Waals surface area contributed by atoms with Crippen molar-refractivity contribution in [3.8, 4) is 0 Å². The molecule has 0 saturated carbocycles. The third kappa shape index (κ3) is 4.82. The van der Waals surface area contributed by atoms with Crippen LogP contribution in [-0.4, -0.2) is 55.5 Å². The predicted molar refractivity (Wildman–Crippen MR) is 98.9 cm³/mol. The van der Waals surface area contributed by atoms with E-state index in [0.29, 0.717) is 13.1 Å². The van der Waals surface area contributed by atoms with Crippen molar-refractivity contribution in [1.82, 2.24) is 10.2 Å². The van der Waals surface area contributed by atoms with E-state index in [9.17, 15) is 14.4 Å². The van der Waals surface area contributed by atoms with E-state index in [4.69, 9.17) is 0 Å². The first kappa shape index (κ1) is 19.9. The number of anilines is 1. The van der Waals surface area contributed by atoms with Gasteiger partial charge in [0.1, 0.15) is 6.04 Å². The topological polar surface area (TPSA) is 87.7 Å². The highest BCUT2D eigenvalue weighted by Gasteiger charge is 2.33. The van der Waals surface area contributed by atoms with Gasteiger partial charge < -0.3 is 15.4 Å². The molecule has 7 nitrogen and oxygen atoms in total. The van der Waals surface area contributed by atoms with Crippen molar-refractivity contribution in [1.29, 1.82) is 0 Å². The van der Waals surface area contributed by atoms with Crippen LogP contribution in [0.1, 0.15) is 37.3 Å². The zero-order valence-corrected chi connectivity index (χ0v) is 15.8. The fourth-order valence-corrected chi connectivity index (χ4v) is 3.12. The van der Waals surface area contributed by atoms with Crippen LogP contribution < -0.4 is 10.6 Å². The number of carbonyl (C=O) groups excluding carboxylic acids is 3. The zero-order chi connectivity index (χ0) is 19.3. The fourth-order valence-electron chi connectivity index (χ4n) is 3.12. The number of methoxy groups -OCH3 is 1. The summed E-state index contributed by atoms with van der Waals surface area (Å²) in [6.07, 6.45) is -0.0722. The second kappa shape index (κ2) is 8.80. The molecule has 1 heterocycles. The number of para-hydroxylation sites is 1. The molecule has 0 aromatic heterocycles. The second-order valence-electron chi connectivity index (χ2n) is 6.80. The average molecular weight is 361 g/mol. The molecular weight excluding hydrogens is 334 g/mol. The van der Waals surface area contributed by atoms with Gasteiger partial charge in [-0.1, -0.05) is 32.0 Å². The van der Waals surface area contributed by atoms with Crippen LogP contribution in [0.5, 0.6) is 0 Å². The Labute approximate surface area is 154 Å². The fraction of sp³-hybridized carbons (Fsp3) is 0.526. The van der Waals surface area contributed by atoms with E-state index in [-0.39, 0.29) is 30.7 Å². The molecule has 142 valence electrons. The van der Waals surface area contributed by atoms with Crippen LogP contribution in [-0.2, 0) is 19.1 Å². The highest BCUT2D eigenvalue weighted by Crippen LogP contribution is 2.27. The third-order valence-electron chi connectivity index (χ3n) is 4.57. The number of hydrogen-bond donors (Lipinski definition) is 2. The molecule has 0 spiro atoms. The summed E-state index contributed by atoms with van der Waals surface area (Å²) < 4.78 is 4.66. The highest BCUT2D eigenvalue weighted by molar-refractivity contribution is 5.95. The number of rotatable bonds is 6. The number of piperazine rings is 1. The minimum absolute atomic E-state index is 0.0426. The van der Waals surface area contributed by atoms with Gasteiger partial charge >= 0.3 is 5.97 Å².